The van der Waals surface area contributed by atoms with Crippen molar-refractivity contribution in [2.24, 2.45) is 0 Å². The Hall–Kier alpha value is -2.14. The molecule has 1 aromatic carbocycles. The third kappa shape index (κ3) is 3.45. The van der Waals surface area contributed by atoms with Crippen molar-refractivity contribution in [2.75, 3.05) is 27.2 Å². The molecule has 5 heteroatoms. The molecular weight excluding hydrogens is 288 g/mol. The van der Waals surface area contributed by atoms with Crippen LogP contribution in [-0.4, -0.2) is 53.1 Å². The number of aromatic nitrogens is 2. The van der Waals surface area contributed by atoms with E-state index in [-0.39, 0.29) is 11.9 Å². The Balaban J connectivity index is 1.75. The van der Waals surface area contributed by atoms with Crippen molar-refractivity contribution < 1.29 is 4.79 Å². The molecule has 1 aliphatic heterocycles. The lowest BCUT2D eigenvalue weighted by molar-refractivity contribution is -0.135. The van der Waals surface area contributed by atoms with Crippen molar-refractivity contribution >= 4 is 5.91 Å². The van der Waals surface area contributed by atoms with E-state index in [9.17, 15) is 4.79 Å². The number of carbonyl (C=O) groups excluding carboxylic acids is 1. The molecule has 0 aliphatic carbocycles. The predicted molar refractivity (Wildman–Crippen MR) is 90.0 cm³/mol. The minimum Gasteiger partial charge on any atom is -0.347 e. The third-order valence-electron chi connectivity index (χ3n) is 4.65. The smallest absolute Gasteiger partial charge is 0.244 e. The van der Waals surface area contributed by atoms with Crippen LogP contribution in [0.1, 0.15) is 36.1 Å². The Bertz CT molecular complexity index is 616. The van der Waals surface area contributed by atoms with E-state index < -0.39 is 0 Å². The lowest BCUT2D eigenvalue weighted by Crippen LogP contribution is -2.43. The van der Waals surface area contributed by atoms with Crippen LogP contribution in [0.15, 0.2) is 42.6 Å². The number of piperidine rings is 1. The molecule has 1 saturated heterocycles. The maximum Gasteiger partial charge on any atom is 0.244 e. The van der Waals surface area contributed by atoms with Crippen molar-refractivity contribution in [3.63, 3.8) is 0 Å². The normalized spacial score (nSPS) is 17.8. The number of rotatable bonds is 4. The molecule has 0 saturated carbocycles. The molecule has 1 N–H and O–H groups in total. The number of likely N-dealkylation sites (N-methyl/N-ethyl adjacent to an activating group) is 1. The van der Waals surface area contributed by atoms with Gasteiger partial charge in [0.15, 0.2) is 0 Å². The maximum atomic E-state index is 12.7. The number of hydrogen-bond donors (Lipinski definition) is 1. The van der Waals surface area contributed by atoms with Gasteiger partial charge in [0.05, 0.1) is 0 Å². The van der Waals surface area contributed by atoms with E-state index in [1.54, 1.807) is 4.90 Å². The third-order valence-corrected chi connectivity index (χ3v) is 4.65. The molecule has 1 atom stereocenters. The van der Waals surface area contributed by atoms with Crippen LogP contribution in [0.5, 0.6) is 0 Å². The lowest BCUT2D eigenvalue weighted by Gasteiger charge is -2.37. The highest BCUT2D eigenvalue weighted by atomic mass is 16.2. The monoisotopic (exact) mass is 312 g/mol. The minimum absolute atomic E-state index is 0.149. The van der Waals surface area contributed by atoms with E-state index in [2.05, 4.69) is 21.2 Å². The number of likely N-dealkylation sites (tertiary alicyclic amines) is 1. The van der Waals surface area contributed by atoms with Crippen LogP contribution in [0, 0.1) is 0 Å². The van der Waals surface area contributed by atoms with E-state index in [1.165, 1.54) is 5.69 Å². The first-order valence-corrected chi connectivity index (χ1v) is 8.16. The van der Waals surface area contributed by atoms with Gasteiger partial charge in [-0.25, -0.2) is 0 Å². The first-order valence-electron chi connectivity index (χ1n) is 8.16. The van der Waals surface area contributed by atoms with Gasteiger partial charge in [0, 0.05) is 31.9 Å². The molecule has 1 unspecified atom stereocenters. The SMILES string of the molecule is CN(C)C(=O)C(c1ccccc1)N1CCC(c2ccn[nH]2)CC1. The van der Waals surface area contributed by atoms with E-state index in [1.807, 2.05) is 50.6 Å². The van der Waals surface area contributed by atoms with Gasteiger partial charge >= 0.3 is 0 Å². The van der Waals surface area contributed by atoms with Crippen molar-refractivity contribution in [1.82, 2.24) is 20.0 Å². The second kappa shape index (κ2) is 6.96. The summed E-state index contributed by atoms with van der Waals surface area (Å²) in [5.41, 5.74) is 2.28. The molecule has 1 amide bonds. The average molecular weight is 312 g/mol. The number of carbonyl (C=O) groups is 1. The van der Waals surface area contributed by atoms with Crippen LogP contribution in [0.4, 0.5) is 0 Å². The number of H-pyrrole nitrogens is 1. The van der Waals surface area contributed by atoms with E-state index >= 15 is 0 Å². The molecule has 1 aromatic heterocycles. The molecule has 3 rings (SSSR count). The molecular formula is C18H24N4O. The number of amides is 1. The minimum atomic E-state index is -0.186. The summed E-state index contributed by atoms with van der Waals surface area (Å²) in [4.78, 5) is 16.7. The summed E-state index contributed by atoms with van der Waals surface area (Å²) in [6, 6.07) is 12.0. The van der Waals surface area contributed by atoms with Crippen LogP contribution in [0.3, 0.4) is 0 Å². The molecule has 1 fully saturated rings. The molecule has 1 aliphatic rings. The van der Waals surface area contributed by atoms with Gasteiger partial charge in [0.25, 0.3) is 0 Å². The summed E-state index contributed by atoms with van der Waals surface area (Å²) in [6.07, 6.45) is 3.91. The second-order valence-corrected chi connectivity index (χ2v) is 6.37. The fraction of sp³-hybridized carbons (Fsp3) is 0.444. The van der Waals surface area contributed by atoms with Crippen LogP contribution < -0.4 is 0 Å². The number of nitrogens with one attached hydrogen (secondary N) is 1. The predicted octanol–water partition coefficient (Wildman–Crippen LogP) is 2.42. The highest BCUT2D eigenvalue weighted by Crippen LogP contribution is 2.32. The highest BCUT2D eigenvalue weighted by Gasteiger charge is 2.32. The van der Waals surface area contributed by atoms with Gasteiger partial charge in [-0.15, -0.1) is 0 Å². The fourth-order valence-corrected chi connectivity index (χ4v) is 3.35. The van der Waals surface area contributed by atoms with Gasteiger partial charge in [-0.3, -0.25) is 14.8 Å². The first-order chi connectivity index (χ1) is 11.2. The number of nitrogens with zero attached hydrogens (tertiary/aromatic N) is 3. The summed E-state index contributed by atoms with van der Waals surface area (Å²) < 4.78 is 0. The van der Waals surface area contributed by atoms with Crippen molar-refractivity contribution in [1.29, 1.82) is 0 Å². The second-order valence-electron chi connectivity index (χ2n) is 6.37. The Morgan fingerprint density at radius 2 is 1.91 bits per heavy atom. The van der Waals surface area contributed by atoms with Crippen molar-refractivity contribution in [3.8, 4) is 0 Å². The summed E-state index contributed by atoms with van der Waals surface area (Å²) in [5, 5.41) is 7.13. The van der Waals surface area contributed by atoms with Crippen LogP contribution in [0.25, 0.3) is 0 Å². The maximum absolute atomic E-state index is 12.7. The molecule has 0 spiro atoms. The van der Waals surface area contributed by atoms with E-state index in [0.29, 0.717) is 5.92 Å². The summed E-state index contributed by atoms with van der Waals surface area (Å²) >= 11 is 0. The fourth-order valence-electron chi connectivity index (χ4n) is 3.35. The Morgan fingerprint density at radius 3 is 2.48 bits per heavy atom. The van der Waals surface area contributed by atoms with Gasteiger partial charge in [-0.2, -0.15) is 5.10 Å². The average Bonchev–Trinajstić information content (AvgIpc) is 3.11. The topological polar surface area (TPSA) is 52.2 Å². The molecule has 23 heavy (non-hydrogen) atoms. The van der Waals surface area contributed by atoms with Crippen molar-refractivity contribution in [2.45, 2.75) is 24.8 Å². The summed E-state index contributed by atoms with van der Waals surface area (Å²) in [5.74, 6) is 0.663. The van der Waals surface area contributed by atoms with E-state index in [0.717, 1.165) is 31.5 Å². The van der Waals surface area contributed by atoms with Crippen LogP contribution in [0.2, 0.25) is 0 Å². The van der Waals surface area contributed by atoms with Crippen LogP contribution in [-0.2, 0) is 4.79 Å². The Morgan fingerprint density at radius 1 is 1.22 bits per heavy atom. The number of benzene rings is 1. The molecule has 2 aromatic rings. The molecule has 122 valence electrons. The molecule has 0 bridgehead atoms. The molecule has 0 radical (unpaired) electrons. The van der Waals surface area contributed by atoms with Gasteiger partial charge in [-0.1, -0.05) is 30.3 Å². The van der Waals surface area contributed by atoms with Crippen molar-refractivity contribution in [3.05, 3.63) is 53.9 Å². The first kappa shape index (κ1) is 15.7. The summed E-state index contributed by atoms with van der Waals surface area (Å²) in [6.45, 7) is 1.84. The summed E-state index contributed by atoms with van der Waals surface area (Å²) in [7, 11) is 3.66. The highest BCUT2D eigenvalue weighted by molar-refractivity contribution is 5.82. The molecule has 2 heterocycles. The zero-order valence-electron chi connectivity index (χ0n) is 13.8. The van der Waals surface area contributed by atoms with E-state index in [4.69, 9.17) is 0 Å². The Labute approximate surface area is 137 Å². The zero-order valence-corrected chi connectivity index (χ0v) is 13.8. The lowest BCUT2D eigenvalue weighted by atomic mass is 9.91. The number of aromatic amines is 1. The standard InChI is InChI=1S/C18H24N4O/c1-21(2)18(23)17(15-6-4-3-5-7-15)22-12-9-14(10-13-22)16-8-11-19-20-16/h3-8,11,14,17H,9-10,12-13H2,1-2H3,(H,19,20). The molecule has 5 nitrogen and oxygen atoms in total. The number of hydrogen-bond acceptors (Lipinski definition) is 3. The van der Waals surface area contributed by atoms with Gasteiger partial charge in [0.1, 0.15) is 6.04 Å². The zero-order chi connectivity index (χ0) is 16.2. The van der Waals surface area contributed by atoms with Crippen LogP contribution >= 0.6 is 0 Å². The largest absolute Gasteiger partial charge is 0.347 e. The van der Waals surface area contributed by atoms with Gasteiger partial charge in [0.2, 0.25) is 5.91 Å². The quantitative estimate of drug-likeness (QED) is 0.943. The van der Waals surface area contributed by atoms with Gasteiger partial charge in [-0.05, 0) is 37.6 Å². The van der Waals surface area contributed by atoms with Gasteiger partial charge < -0.3 is 4.90 Å². The Kier molecular flexibility index (Phi) is 4.76.